The van der Waals surface area contributed by atoms with E-state index >= 15 is 0 Å². The van der Waals surface area contributed by atoms with Crippen LogP contribution in [0.3, 0.4) is 0 Å². The first kappa shape index (κ1) is 15.1. The van der Waals surface area contributed by atoms with Crippen molar-refractivity contribution in [3.05, 3.63) is 58.2 Å². The highest BCUT2D eigenvalue weighted by molar-refractivity contribution is 7.16. The topological polar surface area (TPSA) is 69.6 Å². The molecule has 0 unspecified atom stereocenters. The fourth-order valence-electron chi connectivity index (χ4n) is 2.09. The lowest BCUT2D eigenvalue weighted by Crippen LogP contribution is -2.20. The standard InChI is InChI=1S/C16H14N2O4S/c1-21-12-8-6-11(7-9-12)17-15(19)22-10-18-13-4-2-3-5-14(13)23-16(18)20/h2-9H,10H2,1H3,(H,17,19). The number of methoxy groups -OCH3 is 1. The molecule has 3 rings (SSSR count). The van der Waals surface area contributed by atoms with Crippen LogP contribution in [0.1, 0.15) is 0 Å². The number of carbonyl (C=O) groups is 1. The first-order valence-corrected chi connectivity index (χ1v) is 7.65. The van der Waals surface area contributed by atoms with Crippen molar-refractivity contribution >= 4 is 33.3 Å². The number of nitrogens with one attached hydrogen (secondary N) is 1. The third-order valence-electron chi connectivity index (χ3n) is 3.23. The van der Waals surface area contributed by atoms with Gasteiger partial charge in [-0.15, -0.1) is 0 Å². The third-order valence-corrected chi connectivity index (χ3v) is 4.20. The summed E-state index contributed by atoms with van der Waals surface area (Å²) >= 11 is 1.12. The van der Waals surface area contributed by atoms with Crippen LogP contribution in [-0.4, -0.2) is 17.8 Å². The van der Waals surface area contributed by atoms with Gasteiger partial charge in [0.05, 0.1) is 17.3 Å². The summed E-state index contributed by atoms with van der Waals surface area (Å²) in [7, 11) is 1.57. The Kier molecular flexibility index (Phi) is 4.29. The van der Waals surface area contributed by atoms with Gasteiger partial charge in [-0.3, -0.25) is 14.7 Å². The van der Waals surface area contributed by atoms with Crippen LogP contribution in [0, 0.1) is 0 Å². The summed E-state index contributed by atoms with van der Waals surface area (Å²) in [4.78, 5) is 23.6. The summed E-state index contributed by atoms with van der Waals surface area (Å²) in [5, 5.41) is 2.59. The van der Waals surface area contributed by atoms with E-state index in [2.05, 4.69) is 5.32 Å². The molecule has 0 bridgehead atoms. The van der Waals surface area contributed by atoms with E-state index in [0.29, 0.717) is 11.4 Å². The van der Waals surface area contributed by atoms with Gasteiger partial charge in [-0.1, -0.05) is 23.5 Å². The first-order chi connectivity index (χ1) is 11.2. The Morgan fingerprint density at radius 1 is 1.17 bits per heavy atom. The fraction of sp³-hybridized carbons (Fsp3) is 0.125. The number of thiazole rings is 1. The van der Waals surface area contributed by atoms with Crippen LogP contribution in [0.2, 0.25) is 0 Å². The normalized spacial score (nSPS) is 10.5. The van der Waals surface area contributed by atoms with E-state index in [1.54, 1.807) is 31.4 Å². The van der Waals surface area contributed by atoms with Gasteiger partial charge < -0.3 is 9.47 Å². The van der Waals surface area contributed by atoms with Crippen molar-refractivity contribution in [2.24, 2.45) is 0 Å². The van der Waals surface area contributed by atoms with Crippen molar-refractivity contribution < 1.29 is 14.3 Å². The van der Waals surface area contributed by atoms with Crippen LogP contribution in [0.25, 0.3) is 10.2 Å². The highest BCUT2D eigenvalue weighted by Gasteiger charge is 2.09. The number of ether oxygens (including phenoxy) is 2. The SMILES string of the molecule is COc1ccc(NC(=O)OCn2c(=O)sc3ccccc32)cc1. The Morgan fingerprint density at radius 3 is 2.65 bits per heavy atom. The molecule has 1 heterocycles. The number of nitrogens with zero attached hydrogens (tertiary/aromatic N) is 1. The molecular weight excluding hydrogens is 316 g/mol. The van der Waals surface area contributed by atoms with E-state index in [9.17, 15) is 9.59 Å². The molecule has 1 amide bonds. The highest BCUT2D eigenvalue weighted by Crippen LogP contribution is 2.17. The van der Waals surface area contributed by atoms with Gasteiger partial charge in [0, 0.05) is 5.69 Å². The van der Waals surface area contributed by atoms with Crippen molar-refractivity contribution in [1.82, 2.24) is 4.57 Å². The van der Waals surface area contributed by atoms with Crippen molar-refractivity contribution in [1.29, 1.82) is 0 Å². The summed E-state index contributed by atoms with van der Waals surface area (Å²) in [5.74, 6) is 0.695. The van der Waals surface area contributed by atoms with Gasteiger partial charge in [-0.05, 0) is 36.4 Å². The zero-order valence-electron chi connectivity index (χ0n) is 12.3. The summed E-state index contributed by atoms with van der Waals surface area (Å²) in [5.41, 5.74) is 1.33. The quantitative estimate of drug-likeness (QED) is 0.797. The van der Waals surface area contributed by atoms with Crippen molar-refractivity contribution in [3.63, 3.8) is 0 Å². The monoisotopic (exact) mass is 330 g/mol. The minimum absolute atomic E-state index is 0.134. The van der Waals surface area contributed by atoms with E-state index in [0.717, 1.165) is 21.6 Å². The molecule has 0 saturated heterocycles. The average Bonchev–Trinajstić information content (AvgIpc) is 2.89. The number of aromatic nitrogens is 1. The van der Waals surface area contributed by atoms with Gasteiger partial charge in [0.25, 0.3) is 0 Å². The predicted octanol–water partition coefficient (Wildman–Crippen LogP) is 3.28. The van der Waals surface area contributed by atoms with Crippen LogP contribution in [0.5, 0.6) is 5.75 Å². The third kappa shape index (κ3) is 3.35. The molecule has 0 aliphatic rings. The molecule has 0 saturated carbocycles. The van der Waals surface area contributed by atoms with E-state index in [-0.39, 0.29) is 11.6 Å². The number of amides is 1. The Balaban J connectivity index is 1.66. The van der Waals surface area contributed by atoms with Crippen LogP contribution < -0.4 is 14.9 Å². The lowest BCUT2D eigenvalue weighted by molar-refractivity contribution is 0.129. The molecule has 7 heteroatoms. The number of anilines is 1. The number of rotatable bonds is 4. The number of carbonyl (C=O) groups excluding carboxylic acids is 1. The average molecular weight is 330 g/mol. The molecular formula is C16H14N2O4S. The molecule has 0 aliphatic carbocycles. The Hall–Kier alpha value is -2.80. The molecule has 0 atom stereocenters. The van der Waals surface area contributed by atoms with Crippen LogP contribution >= 0.6 is 11.3 Å². The summed E-state index contributed by atoms with van der Waals surface area (Å²) in [6, 6.07) is 14.2. The van der Waals surface area contributed by atoms with Gasteiger partial charge in [-0.25, -0.2) is 4.79 Å². The highest BCUT2D eigenvalue weighted by atomic mass is 32.1. The Morgan fingerprint density at radius 2 is 1.91 bits per heavy atom. The fourth-order valence-corrected chi connectivity index (χ4v) is 2.97. The van der Waals surface area contributed by atoms with Gasteiger partial charge >= 0.3 is 11.0 Å². The van der Waals surface area contributed by atoms with E-state index in [4.69, 9.17) is 9.47 Å². The van der Waals surface area contributed by atoms with Crippen LogP contribution in [0.4, 0.5) is 10.5 Å². The number of fused-ring (bicyclic) bond motifs is 1. The van der Waals surface area contributed by atoms with Crippen molar-refractivity contribution in [3.8, 4) is 5.75 Å². The molecule has 23 heavy (non-hydrogen) atoms. The first-order valence-electron chi connectivity index (χ1n) is 6.83. The molecule has 0 spiro atoms. The second-order valence-corrected chi connectivity index (χ2v) is 5.67. The largest absolute Gasteiger partial charge is 0.497 e. The maximum atomic E-state index is 11.9. The van der Waals surface area contributed by atoms with E-state index in [1.165, 1.54) is 4.57 Å². The molecule has 0 fully saturated rings. The molecule has 1 aromatic heterocycles. The zero-order valence-corrected chi connectivity index (χ0v) is 13.1. The maximum absolute atomic E-state index is 11.9. The number of hydrogen-bond donors (Lipinski definition) is 1. The second kappa shape index (κ2) is 6.53. The molecule has 0 aliphatic heterocycles. The Bertz CT molecular complexity index is 883. The predicted molar refractivity (Wildman–Crippen MR) is 89.2 cm³/mol. The molecule has 6 nitrogen and oxygen atoms in total. The molecule has 3 aromatic rings. The second-order valence-electron chi connectivity index (χ2n) is 4.68. The summed E-state index contributed by atoms with van der Waals surface area (Å²) in [6.07, 6.45) is -0.627. The van der Waals surface area contributed by atoms with Crippen molar-refractivity contribution in [2.45, 2.75) is 6.73 Å². The molecule has 0 radical (unpaired) electrons. The number of benzene rings is 2. The van der Waals surface area contributed by atoms with Gasteiger partial charge in [0.1, 0.15) is 5.75 Å². The minimum Gasteiger partial charge on any atom is -0.497 e. The molecule has 118 valence electrons. The smallest absolute Gasteiger partial charge is 0.413 e. The van der Waals surface area contributed by atoms with Crippen LogP contribution in [0.15, 0.2) is 53.3 Å². The number of para-hydroxylation sites is 1. The van der Waals surface area contributed by atoms with Gasteiger partial charge in [-0.2, -0.15) is 0 Å². The molecule has 2 aromatic carbocycles. The summed E-state index contributed by atoms with van der Waals surface area (Å²) in [6.45, 7) is -0.134. The van der Waals surface area contributed by atoms with Crippen molar-refractivity contribution in [2.75, 3.05) is 12.4 Å². The summed E-state index contributed by atoms with van der Waals surface area (Å²) < 4.78 is 12.5. The Labute approximate surface area is 135 Å². The van der Waals surface area contributed by atoms with E-state index in [1.807, 2.05) is 24.3 Å². The van der Waals surface area contributed by atoms with Gasteiger partial charge in [0.15, 0.2) is 6.73 Å². The van der Waals surface area contributed by atoms with Crippen LogP contribution in [-0.2, 0) is 11.5 Å². The lowest BCUT2D eigenvalue weighted by Gasteiger charge is -2.08. The van der Waals surface area contributed by atoms with E-state index < -0.39 is 6.09 Å². The molecule has 1 N–H and O–H groups in total. The minimum atomic E-state index is -0.627. The van der Waals surface area contributed by atoms with Gasteiger partial charge in [0.2, 0.25) is 0 Å². The zero-order chi connectivity index (χ0) is 16.2. The lowest BCUT2D eigenvalue weighted by atomic mass is 10.3. The maximum Gasteiger partial charge on any atom is 0.413 e. The number of hydrogen-bond acceptors (Lipinski definition) is 5.